The molecule has 0 saturated carbocycles. The molecule has 0 aliphatic carbocycles. The minimum absolute atomic E-state index is 0.109. The maximum Gasteiger partial charge on any atom is 0.338 e. The first kappa shape index (κ1) is 19.5. The number of benzene rings is 2. The van der Waals surface area contributed by atoms with Crippen LogP contribution < -0.4 is 4.72 Å². The van der Waals surface area contributed by atoms with Gasteiger partial charge in [0.25, 0.3) is 15.9 Å². The standard InChI is InChI=1S/C18H20N2O5S/c1-13(17(21)20(2)3)25-18(22)14-8-7-9-15(12-14)19-26(23,24)16-10-5-4-6-11-16/h4-13,19H,1-3H3/t13-/m1/s1. The van der Waals surface area contributed by atoms with Gasteiger partial charge in [0, 0.05) is 19.8 Å². The zero-order valence-electron chi connectivity index (χ0n) is 14.7. The van der Waals surface area contributed by atoms with Gasteiger partial charge in [-0.2, -0.15) is 0 Å². The second-order valence-corrected chi connectivity index (χ2v) is 7.46. The lowest BCUT2D eigenvalue weighted by Crippen LogP contribution is -2.34. The summed E-state index contributed by atoms with van der Waals surface area (Å²) in [5.41, 5.74) is 0.353. The number of nitrogens with zero attached hydrogens (tertiary/aromatic N) is 1. The number of nitrogens with one attached hydrogen (secondary N) is 1. The fourth-order valence-corrected chi connectivity index (χ4v) is 3.24. The third-order valence-electron chi connectivity index (χ3n) is 3.48. The van der Waals surface area contributed by atoms with E-state index < -0.39 is 22.1 Å². The van der Waals surface area contributed by atoms with Crippen LogP contribution in [0.15, 0.2) is 59.5 Å². The fraction of sp³-hybridized carbons (Fsp3) is 0.222. The van der Waals surface area contributed by atoms with E-state index in [0.29, 0.717) is 0 Å². The Balaban J connectivity index is 2.15. The van der Waals surface area contributed by atoms with E-state index in [0.717, 1.165) is 0 Å². The van der Waals surface area contributed by atoms with Gasteiger partial charge in [0.1, 0.15) is 0 Å². The molecule has 8 heteroatoms. The van der Waals surface area contributed by atoms with Gasteiger partial charge < -0.3 is 9.64 Å². The van der Waals surface area contributed by atoms with Crippen LogP contribution in [0, 0.1) is 0 Å². The summed E-state index contributed by atoms with van der Waals surface area (Å²) in [5.74, 6) is -1.06. The fourth-order valence-electron chi connectivity index (χ4n) is 2.17. The van der Waals surface area contributed by atoms with Gasteiger partial charge in [-0.3, -0.25) is 9.52 Å². The third-order valence-corrected chi connectivity index (χ3v) is 4.87. The van der Waals surface area contributed by atoms with Gasteiger partial charge in [-0.05, 0) is 37.3 Å². The van der Waals surface area contributed by atoms with E-state index in [9.17, 15) is 18.0 Å². The molecule has 2 aromatic rings. The van der Waals surface area contributed by atoms with Crippen LogP contribution in [0.4, 0.5) is 5.69 Å². The lowest BCUT2D eigenvalue weighted by Gasteiger charge is -2.17. The Labute approximate surface area is 152 Å². The number of amides is 1. The number of hydrogen-bond acceptors (Lipinski definition) is 5. The molecule has 0 saturated heterocycles. The van der Waals surface area contributed by atoms with Crippen molar-refractivity contribution in [1.29, 1.82) is 0 Å². The van der Waals surface area contributed by atoms with E-state index in [1.807, 2.05) is 0 Å². The molecule has 7 nitrogen and oxygen atoms in total. The molecule has 0 unspecified atom stereocenters. The molecule has 138 valence electrons. The Hall–Kier alpha value is -2.87. The van der Waals surface area contributed by atoms with Crippen molar-refractivity contribution in [3.63, 3.8) is 0 Å². The maximum atomic E-state index is 12.3. The van der Waals surface area contributed by atoms with Crippen molar-refractivity contribution in [3.8, 4) is 0 Å². The number of rotatable bonds is 6. The Morgan fingerprint density at radius 3 is 2.31 bits per heavy atom. The Morgan fingerprint density at radius 1 is 1.04 bits per heavy atom. The van der Waals surface area contributed by atoms with Crippen molar-refractivity contribution in [2.24, 2.45) is 0 Å². The second-order valence-electron chi connectivity index (χ2n) is 5.78. The number of esters is 1. The van der Waals surface area contributed by atoms with Gasteiger partial charge in [-0.25, -0.2) is 13.2 Å². The number of likely N-dealkylation sites (N-methyl/N-ethyl adjacent to an activating group) is 1. The Morgan fingerprint density at radius 2 is 1.69 bits per heavy atom. The molecule has 0 aliphatic heterocycles. The summed E-state index contributed by atoms with van der Waals surface area (Å²) in [5, 5.41) is 0. The maximum absolute atomic E-state index is 12.3. The normalized spacial score (nSPS) is 12.1. The van der Waals surface area contributed by atoms with Crippen molar-refractivity contribution in [3.05, 3.63) is 60.2 Å². The Kier molecular flexibility index (Phi) is 5.99. The highest BCUT2D eigenvalue weighted by Crippen LogP contribution is 2.18. The van der Waals surface area contributed by atoms with E-state index in [1.54, 1.807) is 32.3 Å². The number of carbonyl (C=O) groups excluding carboxylic acids is 2. The molecule has 0 radical (unpaired) electrons. The van der Waals surface area contributed by atoms with Crippen molar-refractivity contribution >= 4 is 27.6 Å². The lowest BCUT2D eigenvalue weighted by molar-refractivity contribution is -0.137. The van der Waals surface area contributed by atoms with Crippen LogP contribution in [0.1, 0.15) is 17.3 Å². The van der Waals surface area contributed by atoms with Crippen LogP contribution in [0.3, 0.4) is 0 Å². The predicted octanol–water partition coefficient (Wildman–Crippen LogP) is 2.12. The van der Waals surface area contributed by atoms with Gasteiger partial charge in [0.2, 0.25) is 0 Å². The lowest BCUT2D eigenvalue weighted by atomic mass is 10.2. The van der Waals surface area contributed by atoms with Crippen LogP contribution in [-0.4, -0.2) is 45.4 Å². The van der Waals surface area contributed by atoms with Gasteiger partial charge in [0.15, 0.2) is 6.10 Å². The number of ether oxygens (including phenoxy) is 1. The van der Waals surface area contributed by atoms with Crippen molar-refractivity contribution in [2.45, 2.75) is 17.9 Å². The molecule has 0 spiro atoms. The monoisotopic (exact) mass is 376 g/mol. The smallest absolute Gasteiger partial charge is 0.338 e. The molecule has 1 amide bonds. The highest BCUT2D eigenvalue weighted by atomic mass is 32.2. The first-order valence-corrected chi connectivity index (χ1v) is 9.29. The first-order valence-electron chi connectivity index (χ1n) is 7.81. The summed E-state index contributed by atoms with van der Waals surface area (Å²) >= 11 is 0. The molecule has 26 heavy (non-hydrogen) atoms. The molecule has 0 aromatic heterocycles. The largest absolute Gasteiger partial charge is 0.449 e. The molecular weight excluding hydrogens is 356 g/mol. The number of hydrogen-bond donors (Lipinski definition) is 1. The van der Waals surface area contributed by atoms with E-state index in [1.165, 1.54) is 48.2 Å². The molecule has 1 atom stereocenters. The first-order chi connectivity index (χ1) is 12.2. The molecular formula is C18H20N2O5S. The minimum Gasteiger partial charge on any atom is -0.449 e. The summed E-state index contributed by atoms with van der Waals surface area (Å²) in [6.07, 6.45) is -0.942. The average molecular weight is 376 g/mol. The molecule has 0 heterocycles. The number of sulfonamides is 1. The van der Waals surface area contributed by atoms with E-state index in [2.05, 4.69) is 4.72 Å². The van der Waals surface area contributed by atoms with Gasteiger partial charge in [-0.1, -0.05) is 24.3 Å². The molecule has 0 bridgehead atoms. The molecule has 0 fully saturated rings. The SMILES string of the molecule is C[C@@H](OC(=O)c1cccc(NS(=O)(=O)c2ccccc2)c1)C(=O)N(C)C. The third kappa shape index (κ3) is 4.82. The zero-order valence-corrected chi connectivity index (χ0v) is 15.5. The summed E-state index contributed by atoms with van der Waals surface area (Å²) in [4.78, 5) is 25.4. The van der Waals surface area contributed by atoms with E-state index in [-0.39, 0.29) is 22.1 Å². The van der Waals surface area contributed by atoms with Crippen LogP contribution in [0.25, 0.3) is 0 Å². The second kappa shape index (κ2) is 8.01. The zero-order chi connectivity index (χ0) is 19.3. The van der Waals surface area contributed by atoms with Crippen molar-refractivity contribution in [1.82, 2.24) is 4.90 Å². The topological polar surface area (TPSA) is 92.8 Å². The summed E-state index contributed by atoms with van der Waals surface area (Å²) < 4.78 is 32.2. The highest BCUT2D eigenvalue weighted by Gasteiger charge is 2.21. The highest BCUT2D eigenvalue weighted by molar-refractivity contribution is 7.92. The van der Waals surface area contributed by atoms with Crippen molar-refractivity contribution < 1.29 is 22.7 Å². The summed E-state index contributed by atoms with van der Waals surface area (Å²) in [6, 6.07) is 13.8. The molecule has 1 N–H and O–H groups in total. The van der Waals surface area contributed by atoms with Gasteiger partial charge in [0.05, 0.1) is 10.5 Å². The average Bonchev–Trinajstić information content (AvgIpc) is 2.61. The molecule has 2 rings (SSSR count). The minimum atomic E-state index is -3.77. The van der Waals surface area contributed by atoms with Crippen LogP contribution >= 0.6 is 0 Å². The number of anilines is 1. The van der Waals surface area contributed by atoms with E-state index in [4.69, 9.17) is 4.74 Å². The van der Waals surface area contributed by atoms with Gasteiger partial charge in [-0.15, -0.1) is 0 Å². The van der Waals surface area contributed by atoms with Crippen molar-refractivity contribution in [2.75, 3.05) is 18.8 Å². The summed E-state index contributed by atoms with van der Waals surface area (Å²) in [6.45, 7) is 1.47. The molecule has 0 aliphatic rings. The quantitative estimate of drug-likeness (QED) is 0.780. The van der Waals surface area contributed by atoms with Gasteiger partial charge >= 0.3 is 5.97 Å². The summed E-state index contributed by atoms with van der Waals surface area (Å²) in [7, 11) is -0.644. The van der Waals surface area contributed by atoms with E-state index >= 15 is 0 Å². The van der Waals surface area contributed by atoms with Crippen LogP contribution in [0.5, 0.6) is 0 Å². The predicted molar refractivity (Wildman–Crippen MR) is 97.3 cm³/mol. The number of carbonyl (C=O) groups is 2. The van der Waals surface area contributed by atoms with Crippen LogP contribution in [0.2, 0.25) is 0 Å². The Bertz CT molecular complexity index is 895. The molecule has 2 aromatic carbocycles. The van der Waals surface area contributed by atoms with Crippen LogP contribution in [-0.2, 0) is 19.6 Å².